The number of likely N-dealkylation sites (N-methyl/N-ethyl adjacent to an activating group) is 1. The maximum atomic E-state index is 5.76. The van der Waals surface area contributed by atoms with Crippen LogP contribution < -0.4 is 10.2 Å². The van der Waals surface area contributed by atoms with Crippen LogP contribution in [0, 0.1) is 0 Å². The van der Waals surface area contributed by atoms with E-state index in [0.717, 1.165) is 13.1 Å². The van der Waals surface area contributed by atoms with Gasteiger partial charge >= 0.3 is 0 Å². The average Bonchev–Trinajstić information content (AvgIpc) is 2.30. The Kier molecular flexibility index (Phi) is 3.44. The first kappa shape index (κ1) is 10.7. The molecule has 4 heteroatoms. The lowest BCUT2D eigenvalue weighted by molar-refractivity contribution is 0.449. The number of aromatic nitrogens is 1. The predicted molar refractivity (Wildman–Crippen MR) is 63.5 cm³/mol. The predicted octanol–water partition coefficient (Wildman–Crippen LogP) is 1.92. The highest BCUT2D eigenvalue weighted by Crippen LogP contribution is 2.20. The van der Waals surface area contributed by atoms with Crippen LogP contribution in [0.15, 0.2) is 18.3 Å². The first-order chi connectivity index (χ1) is 7.29. The Bertz CT molecular complexity index is 312. The third kappa shape index (κ3) is 2.61. The number of anilines is 1. The Morgan fingerprint density at radius 2 is 2.40 bits per heavy atom. The average molecular weight is 226 g/mol. The molecule has 0 saturated carbocycles. The Hall–Kier alpha value is -0.800. The summed E-state index contributed by atoms with van der Waals surface area (Å²) in [6, 6.07) is 4.47. The SMILES string of the molecule is CN[C@@H]1CCCN(c2ccc(Cl)nc2)C1. The number of pyridine rings is 1. The molecule has 0 spiro atoms. The molecular formula is C11H16ClN3. The van der Waals surface area contributed by atoms with Gasteiger partial charge in [-0.15, -0.1) is 0 Å². The van der Waals surface area contributed by atoms with E-state index >= 15 is 0 Å². The van der Waals surface area contributed by atoms with Gasteiger partial charge < -0.3 is 10.2 Å². The lowest BCUT2D eigenvalue weighted by atomic mass is 10.1. The van der Waals surface area contributed by atoms with E-state index in [2.05, 4.69) is 15.2 Å². The van der Waals surface area contributed by atoms with E-state index < -0.39 is 0 Å². The van der Waals surface area contributed by atoms with Gasteiger partial charge in [-0.05, 0) is 32.0 Å². The summed E-state index contributed by atoms with van der Waals surface area (Å²) in [6.07, 6.45) is 4.34. The molecule has 0 amide bonds. The summed E-state index contributed by atoms with van der Waals surface area (Å²) in [5.41, 5.74) is 1.17. The van der Waals surface area contributed by atoms with Crippen LogP contribution in [0.1, 0.15) is 12.8 Å². The normalized spacial score (nSPS) is 21.7. The van der Waals surface area contributed by atoms with E-state index in [-0.39, 0.29) is 0 Å². The van der Waals surface area contributed by atoms with Gasteiger partial charge in [0.05, 0.1) is 11.9 Å². The van der Waals surface area contributed by atoms with Gasteiger partial charge in [-0.3, -0.25) is 0 Å². The summed E-state index contributed by atoms with van der Waals surface area (Å²) in [6.45, 7) is 2.17. The quantitative estimate of drug-likeness (QED) is 0.780. The summed E-state index contributed by atoms with van der Waals surface area (Å²) in [4.78, 5) is 6.46. The zero-order valence-corrected chi connectivity index (χ0v) is 9.67. The minimum Gasteiger partial charge on any atom is -0.369 e. The Balaban J connectivity index is 2.06. The summed E-state index contributed by atoms with van der Waals surface area (Å²) < 4.78 is 0. The monoisotopic (exact) mass is 225 g/mol. The van der Waals surface area contributed by atoms with Gasteiger partial charge in [0.15, 0.2) is 0 Å². The zero-order valence-electron chi connectivity index (χ0n) is 8.91. The molecule has 0 radical (unpaired) electrons. The van der Waals surface area contributed by atoms with Gasteiger partial charge in [0.2, 0.25) is 0 Å². The van der Waals surface area contributed by atoms with Gasteiger partial charge in [-0.2, -0.15) is 0 Å². The van der Waals surface area contributed by atoms with Crippen LogP contribution in [0.4, 0.5) is 5.69 Å². The Labute approximate surface area is 95.4 Å². The first-order valence-electron chi connectivity index (χ1n) is 5.33. The lowest BCUT2D eigenvalue weighted by Gasteiger charge is -2.34. The van der Waals surface area contributed by atoms with Crippen molar-refractivity contribution >= 4 is 17.3 Å². The summed E-state index contributed by atoms with van der Waals surface area (Å²) in [7, 11) is 2.02. The molecule has 1 N–H and O–H groups in total. The maximum Gasteiger partial charge on any atom is 0.129 e. The van der Waals surface area contributed by atoms with Crippen molar-refractivity contribution in [3.8, 4) is 0 Å². The lowest BCUT2D eigenvalue weighted by Crippen LogP contribution is -2.44. The number of hydrogen-bond donors (Lipinski definition) is 1. The van der Waals surface area contributed by atoms with Crippen LogP contribution >= 0.6 is 11.6 Å². The molecule has 15 heavy (non-hydrogen) atoms. The molecule has 1 aliphatic heterocycles. The van der Waals surface area contributed by atoms with Gasteiger partial charge in [0, 0.05) is 19.1 Å². The third-order valence-electron chi connectivity index (χ3n) is 2.91. The molecule has 1 atom stereocenters. The molecule has 2 rings (SSSR count). The van der Waals surface area contributed by atoms with Gasteiger partial charge in [-0.1, -0.05) is 11.6 Å². The van der Waals surface area contributed by atoms with E-state index in [1.807, 2.05) is 25.4 Å². The minimum absolute atomic E-state index is 0.556. The Morgan fingerprint density at radius 3 is 3.07 bits per heavy atom. The number of hydrogen-bond acceptors (Lipinski definition) is 3. The molecule has 1 aliphatic rings. The summed E-state index contributed by atoms with van der Waals surface area (Å²) in [5.74, 6) is 0. The van der Waals surface area contributed by atoms with Crippen molar-refractivity contribution in [2.45, 2.75) is 18.9 Å². The van der Waals surface area contributed by atoms with Crippen LogP contribution in [-0.2, 0) is 0 Å². The highest BCUT2D eigenvalue weighted by molar-refractivity contribution is 6.29. The first-order valence-corrected chi connectivity index (χ1v) is 5.71. The summed E-state index contributed by atoms with van der Waals surface area (Å²) in [5, 5.41) is 3.88. The minimum atomic E-state index is 0.556. The molecule has 1 saturated heterocycles. The Morgan fingerprint density at radius 1 is 1.53 bits per heavy atom. The molecule has 1 fully saturated rings. The molecule has 0 unspecified atom stereocenters. The molecule has 82 valence electrons. The van der Waals surface area contributed by atoms with Crippen molar-refractivity contribution in [2.75, 3.05) is 25.0 Å². The molecule has 1 aromatic rings. The number of halogens is 1. The number of nitrogens with one attached hydrogen (secondary N) is 1. The van der Waals surface area contributed by atoms with Crippen molar-refractivity contribution in [1.29, 1.82) is 0 Å². The molecule has 0 aliphatic carbocycles. The van der Waals surface area contributed by atoms with Crippen molar-refractivity contribution in [2.24, 2.45) is 0 Å². The highest BCUT2D eigenvalue weighted by Gasteiger charge is 2.18. The largest absolute Gasteiger partial charge is 0.369 e. The van der Waals surface area contributed by atoms with E-state index in [0.29, 0.717) is 11.2 Å². The molecular weight excluding hydrogens is 210 g/mol. The maximum absolute atomic E-state index is 5.76. The van der Waals surface area contributed by atoms with Crippen LogP contribution in [0.2, 0.25) is 5.15 Å². The molecule has 2 heterocycles. The molecule has 1 aromatic heterocycles. The second-order valence-corrected chi connectivity index (χ2v) is 4.30. The molecule has 0 bridgehead atoms. The molecule has 0 aromatic carbocycles. The van der Waals surface area contributed by atoms with E-state index in [4.69, 9.17) is 11.6 Å². The van der Waals surface area contributed by atoms with Gasteiger partial charge in [-0.25, -0.2) is 4.98 Å². The van der Waals surface area contributed by atoms with Crippen LogP contribution in [0.25, 0.3) is 0 Å². The fourth-order valence-corrected chi connectivity index (χ4v) is 2.11. The number of piperidine rings is 1. The van der Waals surface area contributed by atoms with Crippen molar-refractivity contribution in [3.05, 3.63) is 23.5 Å². The van der Waals surface area contributed by atoms with Gasteiger partial charge in [0.25, 0.3) is 0 Å². The topological polar surface area (TPSA) is 28.2 Å². The fraction of sp³-hybridized carbons (Fsp3) is 0.545. The standard InChI is InChI=1S/C11H16ClN3/c1-13-9-3-2-6-15(8-9)10-4-5-11(12)14-7-10/h4-5,7,9,13H,2-3,6,8H2,1H3/t9-/m1/s1. The third-order valence-corrected chi connectivity index (χ3v) is 3.13. The second-order valence-electron chi connectivity index (χ2n) is 3.91. The van der Waals surface area contributed by atoms with Crippen LogP contribution in [0.3, 0.4) is 0 Å². The van der Waals surface area contributed by atoms with Crippen molar-refractivity contribution < 1.29 is 0 Å². The zero-order chi connectivity index (χ0) is 10.7. The summed E-state index contributed by atoms with van der Waals surface area (Å²) >= 11 is 5.76. The van der Waals surface area contributed by atoms with E-state index in [1.54, 1.807) is 0 Å². The number of rotatable bonds is 2. The molecule has 3 nitrogen and oxygen atoms in total. The second kappa shape index (κ2) is 4.81. The smallest absolute Gasteiger partial charge is 0.129 e. The van der Waals surface area contributed by atoms with E-state index in [9.17, 15) is 0 Å². The van der Waals surface area contributed by atoms with Crippen LogP contribution in [-0.4, -0.2) is 31.2 Å². The van der Waals surface area contributed by atoms with Crippen molar-refractivity contribution in [1.82, 2.24) is 10.3 Å². The van der Waals surface area contributed by atoms with Crippen LogP contribution in [0.5, 0.6) is 0 Å². The number of nitrogens with zero attached hydrogens (tertiary/aromatic N) is 2. The highest BCUT2D eigenvalue weighted by atomic mass is 35.5. The van der Waals surface area contributed by atoms with Crippen molar-refractivity contribution in [3.63, 3.8) is 0 Å². The van der Waals surface area contributed by atoms with E-state index in [1.165, 1.54) is 18.5 Å². The fourth-order valence-electron chi connectivity index (χ4n) is 2.00. The van der Waals surface area contributed by atoms with Gasteiger partial charge in [0.1, 0.15) is 5.15 Å².